The SMILES string of the molecule is NC1=NC2(c3cc(-c4cncnc4)ccc3F)CCCC2CO1. The van der Waals surface area contributed by atoms with Crippen molar-refractivity contribution in [3.8, 4) is 11.1 Å². The molecule has 2 heterocycles. The number of aliphatic imine (C=N–C) groups is 1. The zero-order valence-electron chi connectivity index (χ0n) is 12.6. The van der Waals surface area contributed by atoms with Gasteiger partial charge in [-0.3, -0.25) is 0 Å². The summed E-state index contributed by atoms with van der Waals surface area (Å²) in [5, 5.41) is 0. The van der Waals surface area contributed by atoms with Crippen LogP contribution >= 0.6 is 0 Å². The molecule has 0 amide bonds. The fraction of sp³-hybridized carbons (Fsp3) is 0.353. The average Bonchev–Trinajstić information content (AvgIpc) is 3.00. The van der Waals surface area contributed by atoms with Gasteiger partial charge in [-0.25, -0.2) is 19.4 Å². The van der Waals surface area contributed by atoms with Crippen molar-refractivity contribution in [1.82, 2.24) is 9.97 Å². The molecule has 0 saturated heterocycles. The van der Waals surface area contributed by atoms with E-state index in [4.69, 9.17) is 10.5 Å². The van der Waals surface area contributed by atoms with Crippen LogP contribution in [0.3, 0.4) is 0 Å². The van der Waals surface area contributed by atoms with E-state index in [9.17, 15) is 4.39 Å². The first-order chi connectivity index (χ1) is 11.2. The molecule has 0 bridgehead atoms. The van der Waals surface area contributed by atoms with Crippen LogP contribution in [0.4, 0.5) is 4.39 Å². The monoisotopic (exact) mass is 312 g/mol. The molecule has 23 heavy (non-hydrogen) atoms. The van der Waals surface area contributed by atoms with Gasteiger partial charge in [-0.1, -0.05) is 12.5 Å². The summed E-state index contributed by atoms with van der Waals surface area (Å²) in [7, 11) is 0. The molecule has 2 aromatic rings. The highest BCUT2D eigenvalue weighted by Gasteiger charge is 2.48. The fourth-order valence-corrected chi connectivity index (χ4v) is 3.74. The Hall–Kier alpha value is -2.50. The molecule has 118 valence electrons. The van der Waals surface area contributed by atoms with E-state index in [0.29, 0.717) is 12.2 Å². The zero-order chi connectivity index (χ0) is 15.9. The van der Waals surface area contributed by atoms with Crippen molar-refractivity contribution in [2.24, 2.45) is 16.6 Å². The predicted octanol–water partition coefficient (Wildman–Crippen LogP) is 2.62. The lowest BCUT2D eigenvalue weighted by molar-refractivity contribution is 0.146. The Labute approximate surface area is 133 Å². The summed E-state index contributed by atoms with van der Waals surface area (Å²) in [4.78, 5) is 12.6. The van der Waals surface area contributed by atoms with Crippen molar-refractivity contribution in [2.45, 2.75) is 24.8 Å². The van der Waals surface area contributed by atoms with Crippen LogP contribution < -0.4 is 5.73 Å². The third-order valence-corrected chi connectivity index (χ3v) is 4.85. The van der Waals surface area contributed by atoms with E-state index >= 15 is 0 Å². The molecule has 0 spiro atoms. The first-order valence-electron chi connectivity index (χ1n) is 7.72. The van der Waals surface area contributed by atoms with Crippen molar-refractivity contribution >= 4 is 6.02 Å². The summed E-state index contributed by atoms with van der Waals surface area (Å²) < 4.78 is 20.0. The maximum atomic E-state index is 14.6. The Morgan fingerprint density at radius 3 is 2.87 bits per heavy atom. The van der Waals surface area contributed by atoms with E-state index in [0.717, 1.165) is 30.4 Å². The molecule has 2 aliphatic rings. The smallest absolute Gasteiger partial charge is 0.282 e. The van der Waals surface area contributed by atoms with Gasteiger partial charge in [-0.15, -0.1) is 0 Å². The van der Waals surface area contributed by atoms with E-state index < -0.39 is 5.54 Å². The van der Waals surface area contributed by atoms with Gasteiger partial charge in [0.15, 0.2) is 0 Å². The number of rotatable bonds is 2. The highest BCUT2D eigenvalue weighted by atomic mass is 19.1. The standard InChI is InChI=1S/C17H17FN4O/c18-15-4-3-11(12-7-20-10-21-8-12)6-14(15)17-5-1-2-13(17)9-23-16(19)22-17/h3-4,6-8,10,13H,1-2,5,9H2,(H2,19,22). The van der Waals surface area contributed by atoms with Crippen molar-refractivity contribution in [3.63, 3.8) is 0 Å². The maximum Gasteiger partial charge on any atom is 0.282 e. The minimum absolute atomic E-state index is 0.149. The van der Waals surface area contributed by atoms with Crippen LogP contribution in [0.5, 0.6) is 0 Å². The topological polar surface area (TPSA) is 73.4 Å². The van der Waals surface area contributed by atoms with Gasteiger partial charge in [-0.05, 0) is 30.5 Å². The van der Waals surface area contributed by atoms with E-state index in [2.05, 4.69) is 15.0 Å². The minimum Gasteiger partial charge on any atom is -0.465 e. The molecule has 2 atom stereocenters. The van der Waals surface area contributed by atoms with Crippen molar-refractivity contribution in [3.05, 3.63) is 48.3 Å². The first kappa shape index (κ1) is 14.1. The number of fused-ring (bicyclic) bond motifs is 1. The van der Waals surface area contributed by atoms with Gasteiger partial charge in [0, 0.05) is 29.4 Å². The molecule has 1 aromatic carbocycles. The van der Waals surface area contributed by atoms with E-state index in [1.807, 2.05) is 6.07 Å². The summed E-state index contributed by atoms with van der Waals surface area (Å²) in [6.45, 7) is 0.494. The van der Waals surface area contributed by atoms with Crippen molar-refractivity contribution < 1.29 is 9.13 Å². The molecule has 1 aliphatic heterocycles. The van der Waals surface area contributed by atoms with Gasteiger partial charge in [0.05, 0.1) is 12.1 Å². The second kappa shape index (κ2) is 5.30. The minimum atomic E-state index is -0.613. The fourth-order valence-electron chi connectivity index (χ4n) is 3.74. The Bertz CT molecular complexity index is 764. The molecule has 1 fully saturated rings. The summed E-state index contributed by atoms with van der Waals surface area (Å²) in [6.07, 6.45) is 7.65. The molecule has 2 N–H and O–H groups in total. The number of amidine groups is 1. The molecule has 1 aliphatic carbocycles. The lowest BCUT2D eigenvalue weighted by Crippen LogP contribution is -2.41. The van der Waals surface area contributed by atoms with Crippen molar-refractivity contribution in [1.29, 1.82) is 0 Å². The predicted molar refractivity (Wildman–Crippen MR) is 84.0 cm³/mol. The number of hydrogen-bond acceptors (Lipinski definition) is 5. The Balaban J connectivity index is 1.86. The quantitative estimate of drug-likeness (QED) is 0.925. The zero-order valence-corrected chi connectivity index (χ0v) is 12.6. The third-order valence-electron chi connectivity index (χ3n) is 4.85. The van der Waals surface area contributed by atoms with Crippen LogP contribution in [0.2, 0.25) is 0 Å². The first-order valence-corrected chi connectivity index (χ1v) is 7.72. The molecule has 5 nitrogen and oxygen atoms in total. The average molecular weight is 312 g/mol. The van der Waals surface area contributed by atoms with E-state index in [1.54, 1.807) is 18.5 Å². The maximum absolute atomic E-state index is 14.6. The summed E-state index contributed by atoms with van der Waals surface area (Å²) in [5.41, 5.74) is 7.50. The number of benzene rings is 1. The molecule has 4 rings (SSSR count). The van der Waals surface area contributed by atoms with Crippen LogP contribution in [-0.2, 0) is 10.3 Å². The van der Waals surface area contributed by atoms with Crippen LogP contribution in [0, 0.1) is 11.7 Å². The number of nitrogens with two attached hydrogens (primary N) is 1. The van der Waals surface area contributed by atoms with Gasteiger partial charge in [-0.2, -0.15) is 0 Å². The van der Waals surface area contributed by atoms with Gasteiger partial charge < -0.3 is 10.5 Å². The summed E-state index contributed by atoms with van der Waals surface area (Å²) >= 11 is 0. The number of hydrogen-bond donors (Lipinski definition) is 1. The van der Waals surface area contributed by atoms with Crippen LogP contribution in [-0.4, -0.2) is 22.6 Å². The second-order valence-corrected chi connectivity index (χ2v) is 6.10. The van der Waals surface area contributed by atoms with Crippen molar-refractivity contribution in [2.75, 3.05) is 6.61 Å². The molecular formula is C17H17FN4O. The molecule has 1 aromatic heterocycles. The van der Waals surface area contributed by atoms with Gasteiger partial charge in [0.1, 0.15) is 12.1 Å². The Morgan fingerprint density at radius 2 is 2.04 bits per heavy atom. The van der Waals surface area contributed by atoms with E-state index in [1.165, 1.54) is 12.4 Å². The van der Waals surface area contributed by atoms with Crippen LogP contribution in [0.25, 0.3) is 11.1 Å². The van der Waals surface area contributed by atoms with Crippen LogP contribution in [0.15, 0.2) is 41.9 Å². The lowest BCUT2D eigenvalue weighted by Gasteiger charge is -2.36. The number of halogens is 1. The molecule has 0 radical (unpaired) electrons. The highest BCUT2D eigenvalue weighted by Crippen LogP contribution is 2.49. The lowest BCUT2D eigenvalue weighted by atomic mass is 9.79. The summed E-state index contributed by atoms with van der Waals surface area (Å²) in [6, 6.07) is 5.23. The molecule has 6 heteroatoms. The van der Waals surface area contributed by atoms with Gasteiger partial charge >= 0.3 is 0 Å². The summed E-state index contributed by atoms with van der Waals surface area (Å²) in [5.74, 6) is -0.0949. The normalized spacial score (nSPS) is 26.3. The number of nitrogens with zero attached hydrogens (tertiary/aromatic N) is 3. The Kier molecular flexibility index (Phi) is 3.25. The molecular weight excluding hydrogens is 295 g/mol. The number of aromatic nitrogens is 2. The molecule has 2 unspecified atom stereocenters. The molecule has 1 saturated carbocycles. The highest BCUT2D eigenvalue weighted by molar-refractivity contribution is 5.73. The van der Waals surface area contributed by atoms with Crippen LogP contribution in [0.1, 0.15) is 24.8 Å². The third kappa shape index (κ3) is 2.25. The second-order valence-electron chi connectivity index (χ2n) is 6.10. The van der Waals surface area contributed by atoms with Gasteiger partial charge in [0.2, 0.25) is 0 Å². The number of ether oxygens (including phenoxy) is 1. The van der Waals surface area contributed by atoms with E-state index in [-0.39, 0.29) is 17.8 Å². The van der Waals surface area contributed by atoms with Gasteiger partial charge in [0.25, 0.3) is 6.02 Å². The largest absolute Gasteiger partial charge is 0.465 e. The Morgan fingerprint density at radius 1 is 1.22 bits per heavy atom.